The van der Waals surface area contributed by atoms with Gasteiger partial charge in [0.25, 0.3) is 11.1 Å². The molecule has 9 nitrogen and oxygen atoms in total. The Bertz CT molecular complexity index is 1590. The number of nitrogens with zero attached hydrogens (tertiary/aromatic N) is 4. The molecule has 4 N–H and O–H groups in total. The number of aliphatic hydroxyl groups is 1. The van der Waals surface area contributed by atoms with Crippen molar-refractivity contribution in [2.75, 3.05) is 5.73 Å². The van der Waals surface area contributed by atoms with Gasteiger partial charge in [-0.1, -0.05) is 13.3 Å². The van der Waals surface area contributed by atoms with Crippen LogP contribution in [0, 0.1) is 5.82 Å². The Balaban J connectivity index is 0.000000307. The van der Waals surface area contributed by atoms with Crippen LogP contribution in [0.4, 0.5) is 27.6 Å². The summed E-state index contributed by atoms with van der Waals surface area (Å²) >= 11 is 0. The van der Waals surface area contributed by atoms with Gasteiger partial charge in [0.05, 0.1) is 35.0 Å². The first-order valence-corrected chi connectivity index (χ1v) is 12.1. The van der Waals surface area contributed by atoms with Gasteiger partial charge in [-0.15, -0.1) is 0 Å². The third-order valence-corrected chi connectivity index (χ3v) is 5.83. The Labute approximate surface area is 224 Å². The summed E-state index contributed by atoms with van der Waals surface area (Å²) in [5.74, 6) is -0.480. The second-order valence-corrected chi connectivity index (χ2v) is 9.46. The number of aromatic nitrogens is 5. The maximum atomic E-state index is 14.7. The molecule has 40 heavy (non-hydrogen) atoms. The fraction of sp³-hybridized carbons (Fsp3) is 0.346. The highest BCUT2D eigenvalue weighted by Crippen LogP contribution is 2.29. The van der Waals surface area contributed by atoms with Crippen LogP contribution in [0.25, 0.3) is 22.2 Å². The number of benzene rings is 1. The summed E-state index contributed by atoms with van der Waals surface area (Å²) < 4.78 is 65.8. The number of fused-ring (bicyclic) bond motifs is 1. The molecule has 0 aliphatic rings. The van der Waals surface area contributed by atoms with Crippen LogP contribution >= 0.6 is 0 Å². The number of nitrogens with two attached hydrogens (primary N) is 1. The monoisotopic (exact) mass is 566 g/mol. The Morgan fingerprint density at radius 1 is 1.12 bits per heavy atom. The van der Waals surface area contributed by atoms with E-state index < -0.39 is 46.1 Å². The van der Waals surface area contributed by atoms with E-state index in [9.17, 15) is 36.6 Å². The zero-order chi connectivity index (χ0) is 29.8. The fourth-order valence-corrected chi connectivity index (χ4v) is 3.73. The van der Waals surface area contributed by atoms with E-state index in [1.807, 2.05) is 6.92 Å². The molecule has 0 fully saturated rings. The van der Waals surface area contributed by atoms with Crippen molar-refractivity contribution in [1.82, 2.24) is 24.7 Å². The average Bonchev–Trinajstić information content (AvgIpc) is 2.85. The molecule has 0 radical (unpaired) electrons. The molecule has 3 aromatic heterocycles. The second-order valence-electron chi connectivity index (χ2n) is 9.46. The molecule has 14 heteroatoms. The van der Waals surface area contributed by atoms with Gasteiger partial charge in [0.15, 0.2) is 5.82 Å². The molecule has 1 aromatic carbocycles. The molecule has 0 amide bonds. The van der Waals surface area contributed by atoms with Gasteiger partial charge in [-0.2, -0.15) is 18.3 Å². The Kier molecular flexibility index (Phi) is 9.03. The first-order valence-electron chi connectivity index (χ1n) is 12.1. The molecule has 0 saturated carbocycles. The molecule has 4 rings (SSSR count). The van der Waals surface area contributed by atoms with Gasteiger partial charge in [0.2, 0.25) is 0 Å². The van der Waals surface area contributed by atoms with Crippen LogP contribution in [0.15, 0.2) is 52.6 Å². The second kappa shape index (κ2) is 11.9. The minimum Gasteiger partial charge on any atom is -0.397 e. The zero-order valence-electron chi connectivity index (χ0n) is 21.8. The highest BCUT2D eigenvalue weighted by Gasteiger charge is 2.36. The van der Waals surface area contributed by atoms with Crippen molar-refractivity contribution in [2.45, 2.75) is 58.1 Å². The molecule has 214 valence electrons. The topological polar surface area (TPSA) is 140 Å². The highest BCUT2D eigenvalue weighted by molar-refractivity contribution is 5.86. The van der Waals surface area contributed by atoms with E-state index in [0.29, 0.717) is 23.8 Å². The van der Waals surface area contributed by atoms with Crippen LogP contribution in [0.1, 0.15) is 44.7 Å². The molecule has 4 aromatic rings. The predicted molar refractivity (Wildman–Crippen MR) is 139 cm³/mol. The summed E-state index contributed by atoms with van der Waals surface area (Å²) in [6.07, 6.45) is 0.353. The number of H-pyrrole nitrogens is 1. The lowest BCUT2D eigenvalue weighted by molar-refractivity contribution is -0.138. The maximum Gasteiger partial charge on any atom is 0.423 e. The molecule has 0 saturated heterocycles. The van der Waals surface area contributed by atoms with Crippen LogP contribution < -0.4 is 16.9 Å². The summed E-state index contributed by atoms with van der Waals surface area (Å²) in [6.45, 7) is 5.04. The summed E-state index contributed by atoms with van der Waals surface area (Å²) in [5, 5.41) is 15.4. The summed E-state index contributed by atoms with van der Waals surface area (Å²) in [6, 6.07) is 4.31. The molecular weight excluding hydrogens is 539 g/mol. The van der Waals surface area contributed by atoms with Crippen molar-refractivity contribution in [1.29, 1.82) is 0 Å². The van der Waals surface area contributed by atoms with Crippen LogP contribution in [0.3, 0.4) is 0 Å². The first kappa shape index (κ1) is 30.3. The van der Waals surface area contributed by atoms with E-state index in [1.54, 1.807) is 25.0 Å². The van der Waals surface area contributed by atoms with Crippen molar-refractivity contribution in [3.8, 4) is 11.4 Å². The van der Waals surface area contributed by atoms with Crippen molar-refractivity contribution >= 4 is 16.5 Å². The normalized spacial score (nSPS) is 12.6. The first-order chi connectivity index (χ1) is 18.6. The molecule has 0 spiro atoms. The smallest absolute Gasteiger partial charge is 0.397 e. The van der Waals surface area contributed by atoms with E-state index >= 15 is 0 Å². The molecule has 0 aliphatic carbocycles. The molecule has 1 atom stereocenters. The Morgan fingerprint density at radius 2 is 1.77 bits per heavy atom. The SMILES string of the molecule is CCCC(F)Cn1ccc2cc(-c3ncc(C(C)(C)O)cn3)c(F)cc2c1=O.Nc1cn[nH]c(=O)c1C(F)(F)F. The number of hydrogen-bond acceptors (Lipinski definition) is 7. The number of aromatic amines is 1. The number of rotatable bonds is 6. The van der Waals surface area contributed by atoms with Gasteiger partial charge < -0.3 is 15.4 Å². The fourth-order valence-electron chi connectivity index (χ4n) is 3.73. The molecular formula is C26H27F5N6O3. The minimum atomic E-state index is -4.74. The third kappa shape index (κ3) is 7.05. The third-order valence-electron chi connectivity index (χ3n) is 5.83. The van der Waals surface area contributed by atoms with E-state index in [0.717, 1.165) is 12.3 Å². The van der Waals surface area contributed by atoms with Crippen molar-refractivity contribution < 1.29 is 27.1 Å². The van der Waals surface area contributed by atoms with E-state index in [-0.39, 0.29) is 23.3 Å². The van der Waals surface area contributed by atoms with Gasteiger partial charge in [-0.25, -0.2) is 23.8 Å². The maximum absolute atomic E-state index is 14.7. The van der Waals surface area contributed by atoms with Crippen LogP contribution in [-0.2, 0) is 18.3 Å². The standard InChI is InChI=1S/C21H23F2N3O2.C5H4F3N3O/c1-4-5-15(22)12-26-7-6-13-8-17(18(23)9-16(13)20(26)27)19-24-10-14(11-25-19)21(2,3)28;6-5(7,8)3-2(9)1-10-11-4(3)12/h6-11,15,28H,4-5,12H2,1-3H3;1H,(H3,9,11,12). The van der Waals surface area contributed by atoms with Crippen LogP contribution in [-0.4, -0.2) is 36.0 Å². The van der Waals surface area contributed by atoms with Gasteiger partial charge >= 0.3 is 6.18 Å². The predicted octanol–water partition coefficient (Wildman–Crippen LogP) is 4.33. The largest absolute Gasteiger partial charge is 0.423 e. The minimum absolute atomic E-state index is 0.0481. The zero-order valence-corrected chi connectivity index (χ0v) is 21.8. The molecule has 0 aliphatic heterocycles. The van der Waals surface area contributed by atoms with Gasteiger partial charge in [0, 0.05) is 24.2 Å². The van der Waals surface area contributed by atoms with Gasteiger partial charge in [0.1, 0.15) is 17.6 Å². The van der Waals surface area contributed by atoms with Crippen LogP contribution in [0.2, 0.25) is 0 Å². The number of hydrogen-bond donors (Lipinski definition) is 3. The van der Waals surface area contributed by atoms with Crippen molar-refractivity contribution in [3.63, 3.8) is 0 Å². The van der Waals surface area contributed by atoms with Crippen LogP contribution in [0.5, 0.6) is 0 Å². The van der Waals surface area contributed by atoms with Crippen molar-refractivity contribution in [2.24, 2.45) is 0 Å². The highest BCUT2D eigenvalue weighted by atomic mass is 19.4. The molecule has 0 bridgehead atoms. The number of nitrogen functional groups attached to an aromatic ring is 1. The summed E-state index contributed by atoms with van der Waals surface area (Å²) in [5.41, 5.74) is 0.626. The molecule has 3 heterocycles. The lowest BCUT2D eigenvalue weighted by Crippen LogP contribution is -2.24. The van der Waals surface area contributed by atoms with Gasteiger partial charge in [-0.3, -0.25) is 9.59 Å². The van der Waals surface area contributed by atoms with Gasteiger partial charge in [-0.05, 0) is 43.9 Å². The molecule has 1 unspecified atom stereocenters. The summed E-state index contributed by atoms with van der Waals surface area (Å²) in [7, 11) is 0. The number of pyridine rings is 1. The van der Waals surface area contributed by atoms with E-state index in [2.05, 4.69) is 15.1 Å². The lowest BCUT2D eigenvalue weighted by Gasteiger charge is -2.16. The Hall–Kier alpha value is -4.20. The Morgan fingerprint density at radius 3 is 2.30 bits per heavy atom. The lowest BCUT2D eigenvalue weighted by atomic mass is 10.0. The quantitative estimate of drug-likeness (QED) is 0.295. The summed E-state index contributed by atoms with van der Waals surface area (Å²) in [4.78, 5) is 31.4. The number of alkyl halides is 4. The van der Waals surface area contributed by atoms with Crippen molar-refractivity contribution in [3.05, 3.63) is 80.6 Å². The number of nitrogens with one attached hydrogen (secondary N) is 1. The van der Waals surface area contributed by atoms with E-state index in [4.69, 9.17) is 5.73 Å². The van der Waals surface area contributed by atoms with E-state index in [1.165, 1.54) is 29.2 Å². The number of anilines is 1. The number of halogens is 5. The average molecular weight is 567 g/mol.